The van der Waals surface area contributed by atoms with Crippen molar-refractivity contribution in [3.63, 3.8) is 0 Å². The lowest BCUT2D eigenvalue weighted by Gasteiger charge is -2.11. The molecule has 6 aromatic carbocycles. The van der Waals surface area contributed by atoms with Crippen molar-refractivity contribution in [2.45, 2.75) is 0 Å². The lowest BCUT2D eigenvalue weighted by molar-refractivity contribution is 1.14. The molecule has 3 heterocycles. The fourth-order valence-electron chi connectivity index (χ4n) is 6.61. The Morgan fingerprint density at radius 3 is 2.02 bits per heavy atom. The lowest BCUT2D eigenvalue weighted by atomic mass is 10.0. The third-order valence-corrected chi connectivity index (χ3v) is 8.54. The van der Waals surface area contributed by atoms with E-state index in [2.05, 4.69) is 149 Å². The standard InChI is InChI=1S/C39H25N3/c1-2-11-30(12-3-1)42-37-21-18-28(24-35(37)34-14-8-22-40-39(34)42)29-17-20-33-32-13-6-7-15-36(32)41(38(33)25-29)31-19-16-26-9-4-5-10-27(26)23-31/h1-25H. The van der Waals surface area contributed by atoms with Gasteiger partial charge in [0.25, 0.3) is 0 Å². The molecule has 0 bridgehead atoms. The summed E-state index contributed by atoms with van der Waals surface area (Å²) in [6.45, 7) is 0. The molecule has 0 spiro atoms. The predicted octanol–water partition coefficient (Wildman–Crippen LogP) is 10.1. The van der Waals surface area contributed by atoms with E-state index in [0.717, 1.165) is 22.2 Å². The number of fused-ring (bicyclic) bond motifs is 7. The Kier molecular flexibility index (Phi) is 4.90. The van der Waals surface area contributed by atoms with E-state index in [4.69, 9.17) is 4.98 Å². The molecule has 9 aromatic rings. The molecule has 0 amide bonds. The van der Waals surface area contributed by atoms with Gasteiger partial charge >= 0.3 is 0 Å². The first kappa shape index (κ1) is 23.1. The highest BCUT2D eigenvalue weighted by molar-refractivity contribution is 6.12. The van der Waals surface area contributed by atoms with Crippen LogP contribution in [0, 0.1) is 0 Å². The van der Waals surface area contributed by atoms with Crippen LogP contribution in [0.25, 0.3) is 77.0 Å². The largest absolute Gasteiger partial charge is 0.309 e. The van der Waals surface area contributed by atoms with Gasteiger partial charge in [0.15, 0.2) is 0 Å². The quantitative estimate of drug-likeness (QED) is 0.221. The van der Waals surface area contributed by atoms with Gasteiger partial charge in [-0.15, -0.1) is 0 Å². The number of nitrogens with zero attached hydrogens (tertiary/aromatic N) is 3. The number of para-hydroxylation sites is 2. The summed E-state index contributed by atoms with van der Waals surface area (Å²) in [5, 5.41) is 7.37. The number of hydrogen-bond acceptors (Lipinski definition) is 1. The molecule has 0 radical (unpaired) electrons. The molecule has 0 aliphatic carbocycles. The Labute approximate surface area is 242 Å². The topological polar surface area (TPSA) is 22.8 Å². The van der Waals surface area contributed by atoms with Crippen LogP contribution in [0.3, 0.4) is 0 Å². The summed E-state index contributed by atoms with van der Waals surface area (Å²) in [7, 11) is 0. The second-order valence-electron chi connectivity index (χ2n) is 10.9. The van der Waals surface area contributed by atoms with Gasteiger partial charge in [-0.05, 0) is 82.6 Å². The number of pyridine rings is 1. The van der Waals surface area contributed by atoms with Crippen molar-refractivity contribution in [1.29, 1.82) is 0 Å². The molecule has 0 N–H and O–H groups in total. The van der Waals surface area contributed by atoms with Crippen LogP contribution >= 0.6 is 0 Å². The minimum Gasteiger partial charge on any atom is -0.309 e. The monoisotopic (exact) mass is 535 g/mol. The molecule has 3 nitrogen and oxygen atoms in total. The van der Waals surface area contributed by atoms with E-state index in [1.807, 2.05) is 12.3 Å². The number of aromatic nitrogens is 3. The van der Waals surface area contributed by atoms with Gasteiger partial charge in [-0.2, -0.15) is 0 Å². The van der Waals surface area contributed by atoms with Crippen LogP contribution in [0.4, 0.5) is 0 Å². The first-order valence-electron chi connectivity index (χ1n) is 14.3. The van der Waals surface area contributed by atoms with Gasteiger partial charge in [0.05, 0.1) is 16.6 Å². The van der Waals surface area contributed by atoms with Crippen LogP contribution in [0.15, 0.2) is 152 Å². The minimum atomic E-state index is 0.975. The van der Waals surface area contributed by atoms with E-state index < -0.39 is 0 Å². The molecule has 0 saturated carbocycles. The normalized spacial score (nSPS) is 11.8. The number of rotatable bonds is 3. The zero-order valence-electron chi connectivity index (χ0n) is 22.8. The van der Waals surface area contributed by atoms with Crippen molar-refractivity contribution in [2.24, 2.45) is 0 Å². The molecule has 0 fully saturated rings. The summed E-state index contributed by atoms with van der Waals surface area (Å²) >= 11 is 0. The Balaban J connectivity index is 1.28. The Bertz CT molecular complexity index is 2460. The smallest absolute Gasteiger partial charge is 0.145 e. The summed E-state index contributed by atoms with van der Waals surface area (Å²) in [4.78, 5) is 4.79. The molecule has 0 aliphatic rings. The summed E-state index contributed by atoms with van der Waals surface area (Å²) < 4.78 is 4.67. The molecular weight excluding hydrogens is 510 g/mol. The van der Waals surface area contributed by atoms with Gasteiger partial charge in [-0.3, -0.25) is 4.57 Å². The summed E-state index contributed by atoms with van der Waals surface area (Å²) in [6.07, 6.45) is 1.88. The molecule has 42 heavy (non-hydrogen) atoms. The second kappa shape index (κ2) is 8.92. The number of hydrogen-bond donors (Lipinski definition) is 0. The molecule has 3 aromatic heterocycles. The van der Waals surface area contributed by atoms with Crippen molar-refractivity contribution in [2.75, 3.05) is 0 Å². The second-order valence-corrected chi connectivity index (χ2v) is 10.9. The van der Waals surface area contributed by atoms with E-state index in [-0.39, 0.29) is 0 Å². The van der Waals surface area contributed by atoms with Crippen molar-refractivity contribution in [3.05, 3.63) is 152 Å². The summed E-state index contributed by atoms with van der Waals surface area (Å²) in [5.41, 5.74) is 9.22. The third kappa shape index (κ3) is 3.37. The Morgan fingerprint density at radius 1 is 0.381 bits per heavy atom. The molecule has 0 unspecified atom stereocenters. The van der Waals surface area contributed by atoms with Crippen LogP contribution < -0.4 is 0 Å². The fourth-order valence-corrected chi connectivity index (χ4v) is 6.61. The van der Waals surface area contributed by atoms with Gasteiger partial charge in [0.1, 0.15) is 5.65 Å². The summed E-state index contributed by atoms with van der Waals surface area (Å²) in [6, 6.07) is 52.4. The summed E-state index contributed by atoms with van der Waals surface area (Å²) in [5.74, 6) is 0. The first-order valence-corrected chi connectivity index (χ1v) is 14.3. The van der Waals surface area contributed by atoms with Crippen LogP contribution in [0.1, 0.15) is 0 Å². The van der Waals surface area contributed by atoms with E-state index in [0.29, 0.717) is 0 Å². The third-order valence-electron chi connectivity index (χ3n) is 8.54. The maximum Gasteiger partial charge on any atom is 0.145 e. The van der Waals surface area contributed by atoms with E-state index in [9.17, 15) is 0 Å². The van der Waals surface area contributed by atoms with E-state index in [1.54, 1.807) is 0 Å². The van der Waals surface area contributed by atoms with Gasteiger partial charge in [0, 0.05) is 39.1 Å². The maximum atomic E-state index is 4.79. The van der Waals surface area contributed by atoms with Crippen molar-refractivity contribution in [1.82, 2.24) is 14.1 Å². The fraction of sp³-hybridized carbons (Fsp3) is 0. The average molecular weight is 536 g/mol. The highest BCUT2D eigenvalue weighted by Gasteiger charge is 2.16. The van der Waals surface area contributed by atoms with Gasteiger partial charge < -0.3 is 4.57 Å². The zero-order chi connectivity index (χ0) is 27.6. The van der Waals surface area contributed by atoms with Crippen LogP contribution in [0.2, 0.25) is 0 Å². The minimum absolute atomic E-state index is 0.975. The molecule has 0 saturated heterocycles. The van der Waals surface area contributed by atoms with Crippen LogP contribution in [0.5, 0.6) is 0 Å². The van der Waals surface area contributed by atoms with Crippen LogP contribution in [-0.2, 0) is 0 Å². The van der Waals surface area contributed by atoms with Crippen molar-refractivity contribution >= 4 is 54.5 Å². The van der Waals surface area contributed by atoms with Gasteiger partial charge in [-0.1, -0.05) is 84.9 Å². The van der Waals surface area contributed by atoms with Gasteiger partial charge in [0.2, 0.25) is 0 Å². The highest BCUT2D eigenvalue weighted by Crippen LogP contribution is 2.38. The van der Waals surface area contributed by atoms with Crippen molar-refractivity contribution < 1.29 is 0 Å². The maximum absolute atomic E-state index is 4.79. The first-order chi connectivity index (χ1) is 20.8. The van der Waals surface area contributed by atoms with Crippen molar-refractivity contribution in [3.8, 4) is 22.5 Å². The highest BCUT2D eigenvalue weighted by atomic mass is 15.0. The van der Waals surface area contributed by atoms with E-state index in [1.165, 1.54) is 54.8 Å². The Morgan fingerprint density at radius 2 is 1.10 bits per heavy atom. The molecule has 0 atom stereocenters. The average Bonchev–Trinajstić information content (AvgIpc) is 3.57. The van der Waals surface area contributed by atoms with Crippen LogP contribution in [-0.4, -0.2) is 14.1 Å². The Hall–Kier alpha value is -5.67. The predicted molar refractivity (Wildman–Crippen MR) is 176 cm³/mol. The zero-order valence-corrected chi connectivity index (χ0v) is 22.8. The number of benzene rings is 6. The molecular formula is C39H25N3. The molecule has 9 rings (SSSR count). The lowest BCUT2D eigenvalue weighted by Crippen LogP contribution is -1.94. The molecule has 196 valence electrons. The molecule has 3 heteroatoms. The molecule has 0 aliphatic heterocycles. The van der Waals surface area contributed by atoms with Gasteiger partial charge in [-0.25, -0.2) is 4.98 Å². The van der Waals surface area contributed by atoms with E-state index >= 15 is 0 Å². The SMILES string of the molecule is c1ccc(-n2c3ccc(-c4ccc5c6ccccc6n(-c6ccc7ccccc7c6)c5c4)cc3c3cccnc32)cc1.